The van der Waals surface area contributed by atoms with Gasteiger partial charge in [0, 0.05) is 18.7 Å². The van der Waals surface area contributed by atoms with Crippen molar-refractivity contribution >= 4 is 17.3 Å². The van der Waals surface area contributed by atoms with Crippen molar-refractivity contribution in [2.75, 3.05) is 13.1 Å². The molecule has 0 spiro atoms. The van der Waals surface area contributed by atoms with Gasteiger partial charge in [0.15, 0.2) is 5.11 Å². The molecule has 1 aromatic carbocycles. The van der Waals surface area contributed by atoms with E-state index in [-0.39, 0.29) is 0 Å². The Morgan fingerprint density at radius 3 is 2.75 bits per heavy atom. The highest BCUT2D eigenvalue weighted by atomic mass is 32.1. The zero-order valence-corrected chi connectivity index (χ0v) is 14.9. The summed E-state index contributed by atoms with van der Waals surface area (Å²) in [7, 11) is 0. The average Bonchev–Trinajstić information content (AvgIpc) is 2.59. The number of likely N-dealkylation sites (tertiary alicyclic amines) is 1. The second kappa shape index (κ2) is 6.58. The summed E-state index contributed by atoms with van der Waals surface area (Å²) in [6.07, 6.45) is 2.74. The van der Waals surface area contributed by atoms with Crippen LogP contribution in [0.3, 0.4) is 0 Å². The first-order valence-electron chi connectivity index (χ1n) is 8.39. The van der Waals surface area contributed by atoms with Crippen molar-refractivity contribution in [2.45, 2.75) is 50.9 Å². The number of rotatable bonds is 1. The minimum atomic E-state index is -0.776. The van der Waals surface area contributed by atoms with E-state index >= 15 is 0 Å². The topological polar surface area (TPSA) is 68.5 Å². The van der Waals surface area contributed by atoms with Crippen LogP contribution in [-0.2, 0) is 0 Å². The molecule has 0 aliphatic carbocycles. The molecule has 5 nitrogen and oxygen atoms in total. The summed E-state index contributed by atoms with van der Waals surface area (Å²) in [6.45, 7) is 5.61. The molecule has 0 aromatic heterocycles. The zero-order valence-electron chi connectivity index (χ0n) is 14.1. The fourth-order valence-corrected chi connectivity index (χ4v) is 3.66. The van der Waals surface area contributed by atoms with Gasteiger partial charge in [0.05, 0.1) is 17.7 Å². The number of benzene rings is 1. The van der Waals surface area contributed by atoms with Crippen LogP contribution in [0, 0.1) is 11.3 Å². The summed E-state index contributed by atoms with van der Waals surface area (Å²) >= 11 is 5.57. The highest BCUT2D eigenvalue weighted by Gasteiger charge is 2.43. The molecule has 2 unspecified atom stereocenters. The molecule has 2 N–H and O–H groups in total. The molecule has 1 fully saturated rings. The van der Waals surface area contributed by atoms with E-state index in [1.807, 2.05) is 13.8 Å². The first kappa shape index (κ1) is 17.0. The van der Waals surface area contributed by atoms with E-state index in [2.05, 4.69) is 16.3 Å². The summed E-state index contributed by atoms with van der Waals surface area (Å²) in [4.78, 5) is 2.15. The van der Waals surface area contributed by atoms with Gasteiger partial charge in [-0.2, -0.15) is 5.26 Å². The highest BCUT2D eigenvalue weighted by molar-refractivity contribution is 7.80. The van der Waals surface area contributed by atoms with Gasteiger partial charge >= 0.3 is 0 Å². The number of nitrogens with one attached hydrogen (secondary N) is 1. The number of hydrogen-bond acceptors (Lipinski definition) is 4. The lowest BCUT2D eigenvalue weighted by Crippen LogP contribution is -2.55. The van der Waals surface area contributed by atoms with Crippen LogP contribution in [0.2, 0.25) is 0 Å². The SMILES string of the molecule is CC1(C)Oc2ccc(C#N)cc2C(NC(=S)N2CCCCC2)C1O. The smallest absolute Gasteiger partial charge is 0.169 e. The number of nitrogens with zero attached hydrogens (tertiary/aromatic N) is 2. The van der Waals surface area contributed by atoms with Gasteiger partial charge in [0.25, 0.3) is 0 Å². The van der Waals surface area contributed by atoms with Gasteiger partial charge in [0.1, 0.15) is 17.5 Å². The molecule has 2 atom stereocenters. The molecule has 2 aliphatic heterocycles. The molecular weight excluding hydrogens is 322 g/mol. The number of piperidine rings is 1. The molecule has 6 heteroatoms. The lowest BCUT2D eigenvalue weighted by Gasteiger charge is -2.43. The Kier molecular flexibility index (Phi) is 4.66. The molecule has 0 saturated carbocycles. The van der Waals surface area contributed by atoms with Crippen LogP contribution in [0.5, 0.6) is 5.75 Å². The molecule has 2 aliphatic rings. The van der Waals surface area contributed by atoms with Crippen molar-refractivity contribution in [3.05, 3.63) is 29.3 Å². The first-order valence-corrected chi connectivity index (χ1v) is 8.80. The summed E-state index contributed by atoms with van der Waals surface area (Å²) in [6, 6.07) is 7.03. The van der Waals surface area contributed by atoms with Gasteiger partial charge in [-0.25, -0.2) is 0 Å². The summed E-state index contributed by atoms with van der Waals surface area (Å²) in [5.74, 6) is 0.684. The monoisotopic (exact) mass is 345 g/mol. The summed E-state index contributed by atoms with van der Waals surface area (Å²) in [5.41, 5.74) is 0.580. The van der Waals surface area contributed by atoms with Crippen molar-refractivity contribution in [1.29, 1.82) is 5.26 Å². The maximum absolute atomic E-state index is 10.8. The molecule has 0 radical (unpaired) electrons. The molecule has 0 amide bonds. The second-order valence-corrected chi connectivity index (χ2v) is 7.38. The van der Waals surface area contributed by atoms with Crippen molar-refractivity contribution in [3.8, 4) is 11.8 Å². The Morgan fingerprint density at radius 2 is 2.08 bits per heavy atom. The van der Waals surface area contributed by atoms with E-state index in [1.165, 1.54) is 6.42 Å². The van der Waals surface area contributed by atoms with E-state index in [4.69, 9.17) is 17.0 Å². The Balaban J connectivity index is 1.90. The third-order valence-electron chi connectivity index (χ3n) is 4.80. The third kappa shape index (κ3) is 3.19. The predicted molar refractivity (Wildman–Crippen MR) is 95.8 cm³/mol. The van der Waals surface area contributed by atoms with Crippen LogP contribution in [0.4, 0.5) is 0 Å². The molecule has 1 saturated heterocycles. The number of thiocarbonyl (C=S) groups is 1. The summed E-state index contributed by atoms with van der Waals surface area (Å²) in [5, 5.41) is 24.0. The largest absolute Gasteiger partial charge is 0.485 e. The van der Waals surface area contributed by atoms with E-state index < -0.39 is 17.7 Å². The summed E-state index contributed by atoms with van der Waals surface area (Å²) < 4.78 is 5.93. The fourth-order valence-electron chi connectivity index (χ4n) is 3.35. The molecule has 2 heterocycles. The van der Waals surface area contributed by atoms with Gasteiger partial charge in [-0.15, -0.1) is 0 Å². The van der Waals surface area contributed by atoms with Gasteiger partial charge in [-0.3, -0.25) is 0 Å². The van der Waals surface area contributed by atoms with Crippen LogP contribution in [0.25, 0.3) is 0 Å². The van der Waals surface area contributed by atoms with Gasteiger partial charge in [-0.1, -0.05) is 0 Å². The Hall–Kier alpha value is -1.84. The quantitative estimate of drug-likeness (QED) is 0.762. The van der Waals surface area contributed by atoms with Crippen LogP contribution in [0.15, 0.2) is 18.2 Å². The standard InChI is InChI=1S/C18H23N3O2S/c1-18(2)16(22)15(20-17(24)21-8-4-3-5-9-21)13-10-12(11-19)6-7-14(13)23-18/h6-7,10,15-16,22H,3-5,8-9H2,1-2H3,(H,20,24). The Bertz CT molecular complexity index is 677. The first-order chi connectivity index (χ1) is 11.4. The van der Waals surface area contributed by atoms with Crippen LogP contribution >= 0.6 is 12.2 Å². The Labute approximate surface area is 148 Å². The molecular formula is C18H23N3O2S. The predicted octanol–water partition coefficient (Wildman–Crippen LogP) is 2.49. The van der Waals surface area contributed by atoms with Crippen molar-refractivity contribution in [2.24, 2.45) is 0 Å². The van der Waals surface area contributed by atoms with E-state index in [9.17, 15) is 10.4 Å². The number of nitriles is 1. The number of hydrogen-bond donors (Lipinski definition) is 2. The Morgan fingerprint density at radius 1 is 1.38 bits per heavy atom. The van der Waals surface area contributed by atoms with Gasteiger partial charge in [-0.05, 0) is 63.5 Å². The van der Waals surface area contributed by atoms with Crippen molar-refractivity contribution < 1.29 is 9.84 Å². The van der Waals surface area contributed by atoms with Crippen LogP contribution in [0.1, 0.15) is 50.3 Å². The highest BCUT2D eigenvalue weighted by Crippen LogP contribution is 2.40. The average molecular weight is 345 g/mol. The molecule has 3 rings (SSSR count). The van der Waals surface area contributed by atoms with Gasteiger partial charge in [0.2, 0.25) is 0 Å². The minimum Gasteiger partial charge on any atom is -0.485 e. The maximum atomic E-state index is 10.8. The lowest BCUT2D eigenvalue weighted by molar-refractivity contribution is -0.0614. The minimum absolute atomic E-state index is 0.397. The molecule has 0 bridgehead atoms. The normalized spacial score (nSPS) is 25.2. The van der Waals surface area contributed by atoms with Crippen LogP contribution < -0.4 is 10.1 Å². The second-order valence-electron chi connectivity index (χ2n) is 6.99. The van der Waals surface area contributed by atoms with E-state index in [0.29, 0.717) is 16.4 Å². The number of aliphatic hydroxyl groups is 1. The zero-order chi connectivity index (χ0) is 17.3. The number of fused-ring (bicyclic) bond motifs is 1. The number of aliphatic hydroxyl groups excluding tert-OH is 1. The lowest BCUT2D eigenvalue weighted by atomic mass is 9.86. The van der Waals surface area contributed by atoms with Crippen molar-refractivity contribution in [1.82, 2.24) is 10.2 Å². The fraction of sp³-hybridized carbons (Fsp3) is 0.556. The van der Waals surface area contributed by atoms with E-state index in [0.717, 1.165) is 31.5 Å². The van der Waals surface area contributed by atoms with Gasteiger partial charge < -0.3 is 20.1 Å². The third-order valence-corrected chi connectivity index (χ3v) is 5.17. The number of ether oxygens (including phenoxy) is 1. The molecule has 1 aromatic rings. The molecule has 24 heavy (non-hydrogen) atoms. The van der Waals surface area contributed by atoms with E-state index in [1.54, 1.807) is 18.2 Å². The van der Waals surface area contributed by atoms with Crippen molar-refractivity contribution in [3.63, 3.8) is 0 Å². The van der Waals surface area contributed by atoms with Crippen LogP contribution in [-0.4, -0.2) is 39.9 Å². The maximum Gasteiger partial charge on any atom is 0.169 e. The molecule has 128 valence electrons.